The van der Waals surface area contributed by atoms with Crippen LogP contribution in [0.5, 0.6) is 0 Å². The number of rotatable bonds is 4. The number of aliphatic hydroxyl groups is 1. The van der Waals surface area contributed by atoms with Gasteiger partial charge in [0.15, 0.2) is 0 Å². The highest BCUT2D eigenvalue weighted by Crippen LogP contribution is 2.33. The van der Waals surface area contributed by atoms with E-state index in [-0.39, 0.29) is 27.2 Å². The lowest BCUT2D eigenvalue weighted by molar-refractivity contribution is 0.285. The molecule has 0 radical (unpaired) electrons. The largest absolute Gasteiger partial charge is 0.391 e. The van der Waals surface area contributed by atoms with Crippen LogP contribution in [0.15, 0.2) is 28.5 Å². The minimum absolute atomic E-state index is 0.0250. The molecule has 2 N–H and O–H groups in total. The topological polar surface area (TPSA) is 66.4 Å². The van der Waals surface area contributed by atoms with Crippen molar-refractivity contribution in [2.24, 2.45) is 0 Å². The Morgan fingerprint density at radius 2 is 1.85 bits per heavy atom. The Balaban J connectivity index is 2.38. The van der Waals surface area contributed by atoms with Crippen molar-refractivity contribution in [3.05, 3.63) is 44.3 Å². The summed E-state index contributed by atoms with van der Waals surface area (Å²) in [4.78, 5) is 0.477. The summed E-state index contributed by atoms with van der Waals surface area (Å²) in [6, 6.07) is 3.24. The predicted octanol–water partition coefficient (Wildman–Crippen LogP) is 3.49. The average Bonchev–Trinajstić information content (AvgIpc) is 2.83. The van der Waals surface area contributed by atoms with Crippen LogP contribution in [0.3, 0.4) is 0 Å². The molecule has 0 saturated heterocycles. The fraction of sp³-hybridized carbons (Fsp3) is 0.0909. The molecule has 0 bridgehead atoms. The van der Waals surface area contributed by atoms with E-state index in [2.05, 4.69) is 4.72 Å². The molecule has 0 atom stereocenters. The van der Waals surface area contributed by atoms with Crippen molar-refractivity contribution in [1.82, 2.24) is 0 Å². The molecule has 0 fully saturated rings. The van der Waals surface area contributed by atoms with Crippen LogP contribution in [-0.4, -0.2) is 13.5 Å². The first kappa shape index (κ1) is 15.5. The van der Waals surface area contributed by atoms with Gasteiger partial charge in [0.1, 0.15) is 5.82 Å². The molecular formula is C11H8Cl2FNO3S2. The van der Waals surface area contributed by atoms with Crippen LogP contribution >= 0.6 is 34.5 Å². The number of anilines is 1. The van der Waals surface area contributed by atoms with E-state index in [1.54, 1.807) is 0 Å². The van der Waals surface area contributed by atoms with Crippen molar-refractivity contribution in [1.29, 1.82) is 0 Å². The molecule has 0 amide bonds. The lowest BCUT2D eigenvalue weighted by Crippen LogP contribution is -2.13. The maximum absolute atomic E-state index is 13.0. The lowest BCUT2D eigenvalue weighted by atomic mass is 10.3. The fourth-order valence-corrected chi connectivity index (χ4v) is 4.32. The summed E-state index contributed by atoms with van der Waals surface area (Å²) in [5.74, 6) is -0.666. The number of thiophene rings is 1. The second-order valence-corrected chi connectivity index (χ2v) is 7.25. The summed E-state index contributed by atoms with van der Waals surface area (Å²) >= 11 is 12.6. The molecule has 0 spiro atoms. The first-order valence-corrected chi connectivity index (χ1v) is 8.31. The van der Waals surface area contributed by atoms with Gasteiger partial charge in [-0.1, -0.05) is 23.2 Å². The fourth-order valence-electron chi connectivity index (χ4n) is 1.42. The molecule has 0 aliphatic carbocycles. The molecule has 2 aromatic rings. The van der Waals surface area contributed by atoms with Gasteiger partial charge in [-0.2, -0.15) is 0 Å². The Morgan fingerprint density at radius 1 is 1.25 bits per heavy atom. The van der Waals surface area contributed by atoms with Crippen LogP contribution in [0.4, 0.5) is 10.1 Å². The van der Waals surface area contributed by atoms with Crippen LogP contribution < -0.4 is 4.72 Å². The summed E-state index contributed by atoms with van der Waals surface area (Å²) in [7, 11) is -3.90. The molecule has 1 aromatic carbocycles. The number of aliphatic hydroxyl groups excluding tert-OH is 1. The van der Waals surface area contributed by atoms with E-state index in [4.69, 9.17) is 28.3 Å². The summed E-state index contributed by atoms with van der Waals surface area (Å²) in [6.07, 6.45) is 0. The van der Waals surface area contributed by atoms with Gasteiger partial charge in [-0.15, -0.1) is 11.3 Å². The molecule has 0 unspecified atom stereocenters. The Hall–Kier alpha value is -0.860. The quantitative estimate of drug-likeness (QED) is 0.881. The maximum Gasteiger partial charge on any atom is 0.262 e. The van der Waals surface area contributed by atoms with Crippen LogP contribution in [0.25, 0.3) is 0 Å². The molecule has 0 saturated carbocycles. The minimum atomic E-state index is -3.90. The van der Waals surface area contributed by atoms with Crippen LogP contribution in [-0.2, 0) is 16.6 Å². The summed E-state index contributed by atoms with van der Waals surface area (Å²) < 4.78 is 39.5. The Labute approximate surface area is 128 Å². The standard InChI is InChI=1S/C11H8Cl2FNO3S2/c12-9-1-6(14)2-10(13)11(9)15-20(17,18)8-3-7(4-16)19-5-8/h1-3,5,15-16H,4H2. The normalized spacial score (nSPS) is 11.6. The van der Waals surface area contributed by atoms with Crippen molar-refractivity contribution < 1.29 is 17.9 Å². The average molecular weight is 356 g/mol. The highest BCUT2D eigenvalue weighted by atomic mass is 35.5. The molecule has 9 heteroatoms. The molecule has 1 heterocycles. The molecule has 2 rings (SSSR count). The van der Waals surface area contributed by atoms with Crippen LogP contribution in [0, 0.1) is 5.82 Å². The highest BCUT2D eigenvalue weighted by molar-refractivity contribution is 7.92. The van der Waals surface area contributed by atoms with Crippen LogP contribution in [0.1, 0.15) is 4.88 Å². The number of hydrogen-bond donors (Lipinski definition) is 2. The number of halogens is 3. The maximum atomic E-state index is 13.0. The summed E-state index contributed by atoms with van der Waals surface area (Å²) in [6.45, 7) is -0.252. The first-order valence-electron chi connectivity index (χ1n) is 5.19. The van der Waals surface area contributed by atoms with Crippen molar-refractivity contribution in [3.8, 4) is 0 Å². The smallest absolute Gasteiger partial charge is 0.262 e. The second-order valence-electron chi connectivity index (χ2n) is 3.76. The predicted molar refractivity (Wildman–Crippen MR) is 77.5 cm³/mol. The van der Waals surface area contributed by atoms with E-state index in [1.807, 2.05) is 0 Å². The van der Waals surface area contributed by atoms with Gasteiger partial charge in [0.05, 0.1) is 27.2 Å². The van der Waals surface area contributed by atoms with E-state index in [0.29, 0.717) is 4.88 Å². The van der Waals surface area contributed by atoms with Gasteiger partial charge in [-0.25, -0.2) is 12.8 Å². The van der Waals surface area contributed by atoms with E-state index in [1.165, 1.54) is 11.4 Å². The molecule has 0 aliphatic rings. The third kappa shape index (κ3) is 3.24. The van der Waals surface area contributed by atoms with Gasteiger partial charge in [-0.3, -0.25) is 4.72 Å². The molecule has 108 valence electrons. The molecule has 4 nitrogen and oxygen atoms in total. The van der Waals surface area contributed by atoms with E-state index in [9.17, 15) is 12.8 Å². The zero-order valence-corrected chi connectivity index (χ0v) is 12.9. The summed E-state index contributed by atoms with van der Waals surface area (Å²) in [5.41, 5.74) is -0.0912. The number of hydrogen-bond acceptors (Lipinski definition) is 4. The van der Waals surface area contributed by atoms with Gasteiger partial charge in [0, 0.05) is 10.3 Å². The second kappa shape index (κ2) is 5.87. The van der Waals surface area contributed by atoms with E-state index < -0.39 is 15.8 Å². The highest BCUT2D eigenvalue weighted by Gasteiger charge is 2.20. The molecule has 1 aromatic heterocycles. The van der Waals surface area contributed by atoms with Gasteiger partial charge >= 0.3 is 0 Å². The minimum Gasteiger partial charge on any atom is -0.391 e. The number of sulfonamides is 1. The van der Waals surface area contributed by atoms with Crippen molar-refractivity contribution in [3.63, 3.8) is 0 Å². The molecular weight excluding hydrogens is 348 g/mol. The van der Waals surface area contributed by atoms with Gasteiger partial charge in [0.25, 0.3) is 10.0 Å². The van der Waals surface area contributed by atoms with Crippen molar-refractivity contribution in [2.45, 2.75) is 11.5 Å². The molecule has 0 aliphatic heterocycles. The molecule has 20 heavy (non-hydrogen) atoms. The van der Waals surface area contributed by atoms with Gasteiger partial charge < -0.3 is 5.11 Å². The zero-order valence-electron chi connectivity index (χ0n) is 9.73. The number of benzene rings is 1. The van der Waals surface area contributed by atoms with Crippen molar-refractivity contribution >= 4 is 50.2 Å². The zero-order chi connectivity index (χ0) is 14.9. The van der Waals surface area contributed by atoms with Crippen LogP contribution in [0.2, 0.25) is 10.0 Å². The third-order valence-corrected chi connectivity index (χ3v) is 5.34. The number of nitrogens with one attached hydrogen (secondary N) is 1. The van der Waals surface area contributed by atoms with E-state index in [0.717, 1.165) is 23.5 Å². The third-order valence-electron chi connectivity index (χ3n) is 2.34. The van der Waals surface area contributed by atoms with Crippen molar-refractivity contribution in [2.75, 3.05) is 4.72 Å². The Kier molecular flexibility index (Phi) is 4.55. The lowest BCUT2D eigenvalue weighted by Gasteiger charge is -2.10. The first-order chi connectivity index (χ1) is 9.33. The van der Waals surface area contributed by atoms with Gasteiger partial charge in [-0.05, 0) is 18.2 Å². The monoisotopic (exact) mass is 355 g/mol. The van der Waals surface area contributed by atoms with E-state index >= 15 is 0 Å². The SMILES string of the molecule is O=S(=O)(Nc1c(Cl)cc(F)cc1Cl)c1csc(CO)c1. The Bertz CT molecular complexity index is 723. The van der Waals surface area contributed by atoms with Gasteiger partial charge in [0.2, 0.25) is 0 Å². The summed E-state index contributed by atoms with van der Waals surface area (Å²) in [5, 5.41) is 10.0. The Morgan fingerprint density at radius 3 is 2.35 bits per heavy atom.